The van der Waals surface area contributed by atoms with Gasteiger partial charge >= 0.3 is 0 Å². The Morgan fingerprint density at radius 3 is 2.96 bits per heavy atom. The van der Waals surface area contributed by atoms with E-state index in [1.165, 1.54) is 0 Å². The molecule has 4 rings (SSSR count). The standard InChI is InChI=1S/C17H17ClN6/c1-23-8-6-19-17(23)24-7-5-15-12(11-24)10-20-16(22-15)21-14-4-2-3-13(18)9-14/h2-4,6,8-10H,5,7,11H2,1H3,(H,20,21,22). The van der Waals surface area contributed by atoms with Gasteiger partial charge in [0.1, 0.15) is 0 Å². The van der Waals surface area contributed by atoms with E-state index >= 15 is 0 Å². The first-order valence-corrected chi connectivity index (χ1v) is 8.16. The molecule has 0 fully saturated rings. The van der Waals surface area contributed by atoms with Crippen LogP contribution in [0.25, 0.3) is 0 Å². The zero-order valence-electron chi connectivity index (χ0n) is 13.3. The van der Waals surface area contributed by atoms with Gasteiger partial charge in [-0.15, -0.1) is 0 Å². The fraction of sp³-hybridized carbons (Fsp3) is 0.235. The molecule has 2 aromatic heterocycles. The Kier molecular flexibility index (Phi) is 3.82. The van der Waals surface area contributed by atoms with Crippen LogP contribution in [0.1, 0.15) is 11.3 Å². The van der Waals surface area contributed by atoms with Crippen molar-refractivity contribution in [1.29, 1.82) is 0 Å². The molecular weight excluding hydrogens is 324 g/mol. The number of aromatic nitrogens is 4. The second kappa shape index (κ2) is 6.13. The molecular formula is C17H17ClN6. The number of fused-ring (bicyclic) bond motifs is 1. The van der Waals surface area contributed by atoms with E-state index in [2.05, 4.69) is 25.2 Å². The highest BCUT2D eigenvalue weighted by Gasteiger charge is 2.21. The molecule has 24 heavy (non-hydrogen) atoms. The first kappa shape index (κ1) is 15.0. The molecule has 1 N–H and O–H groups in total. The van der Waals surface area contributed by atoms with Crippen LogP contribution < -0.4 is 10.2 Å². The van der Waals surface area contributed by atoms with Crippen molar-refractivity contribution < 1.29 is 0 Å². The highest BCUT2D eigenvalue weighted by Crippen LogP contribution is 2.23. The number of nitrogens with one attached hydrogen (secondary N) is 1. The van der Waals surface area contributed by atoms with Crippen molar-refractivity contribution in [2.45, 2.75) is 13.0 Å². The second-order valence-corrected chi connectivity index (χ2v) is 6.25. The molecule has 3 heterocycles. The number of rotatable bonds is 3. The van der Waals surface area contributed by atoms with E-state index < -0.39 is 0 Å². The molecule has 0 saturated heterocycles. The lowest BCUT2D eigenvalue weighted by atomic mass is 10.1. The molecule has 0 aliphatic carbocycles. The number of nitrogens with zero attached hydrogens (tertiary/aromatic N) is 5. The quantitative estimate of drug-likeness (QED) is 0.793. The Labute approximate surface area is 145 Å². The summed E-state index contributed by atoms with van der Waals surface area (Å²) in [7, 11) is 2.01. The summed E-state index contributed by atoms with van der Waals surface area (Å²) in [5, 5.41) is 3.89. The first-order valence-electron chi connectivity index (χ1n) is 7.79. The minimum atomic E-state index is 0.599. The van der Waals surface area contributed by atoms with Crippen LogP contribution in [-0.4, -0.2) is 26.1 Å². The fourth-order valence-electron chi connectivity index (χ4n) is 2.90. The highest BCUT2D eigenvalue weighted by atomic mass is 35.5. The highest BCUT2D eigenvalue weighted by molar-refractivity contribution is 6.30. The maximum Gasteiger partial charge on any atom is 0.227 e. The van der Waals surface area contributed by atoms with Crippen LogP contribution in [-0.2, 0) is 20.0 Å². The summed E-state index contributed by atoms with van der Waals surface area (Å²) in [4.78, 5) is 15.8. The van der Waals surface area contributed by atoms with Gasteiger partial charge in [0.2, 0.25) is 11.9 Å². The van der Waals surface area contributed by atoms with Crippen LogP contribution >= 0.6 is 11.6 Å². The smallest absolute Gasteiger partial charge is 0.227 e. The molecule has 1 aromatic carbocycles. The van der Waals surface area contributed by atoms with Crippen molar-refractivity contribution in [1.82, 2.24) is 19.5 Å². The molecule has 3 aromatic rings. The fourth-order valence-corrected chi connectivity index (χ4v) is 3.10. The normalized spacial score (nSPS) is 13.7. The Bertz CT molecular complexity index is 875. The van der Waals surface area contributed by atoms with E-state index in [0.717, 1.165) is 42.4 Å². The molecule has 7 heteroatoms. The minimum Gasteiger partial charge on any atom is -0.337 e. The van der Waals surface area contributed by atoms with Gasteiger partial charge in [-0.3, -0.25) is 0 Å². The van der Waals surface area contributed by atoms with Crippen molar-refractivity contribution in [3.63, 3.8) is 0 Å². The van der Waals surface area contributed by atoms with E-state index in [4.69, 9.17) is 11.6 Å². The summed E-state index contributed by atoms with van der Waals surface area (Å²) in [5.41, 5.74) is 3.11. The summed E-state index contributed by atoms with van der Waals surface area (Å²) in [6.07, 6.45) is 6.54. The third-order valence-electron chi connectivity index (χ3n) is 4.09. The number of hydrogen-bond acceptors (Lipinski definition) is 5. The Balaban J connectivity index is 1.54. The molecule has 0 bridgehead atoms. The summed E-state index contributed by atoms with van der Waals surface area (Å²) in [6, 6.07) is 7.53. The molecule has 0 atom stereocenters. The van der Waals surface area contributed by atoms with E-state index in [9.17, 15) is 0 Å². The second-order valence-electron chi connectivity index (χ2n) is 5.81. The summed E-state index contributed by atoms with van der Waals surface area (Å²) >= 11 is 6.01. The van der Waals surface area contributed by atoms with E-state index in [1.807, 2.05) is 54.5 Å². The maximum atomic E-state index is 6.01. The lowest BCUT2D eigenvalue weighted by Crippen LogP contribution is -2.33. The van der Waals surface area contributed by atoms with Gasteiger partial charge in [0.15, 0.2) is 0 Å². The number of benzene rings is 1. The largest absolute Gasteiger partial charge is 0.337 e. The molecule has 0 spiro atoms. The molecule has 0 saturated carbocycles. The van der Waals surface area contributed by atoms with Crippen LogP contribution in [0.4, 0.5) is 17.6 Å². The predicted octanol–water partition coefficient (Wildman–Crippen LogP) is 3.17. The van der Waals surface area contributed by atoms with Crippen molar-refractivity contribution in [3.05, 3.63) is 59.1 Å². The molecule has 122 valence electrons. The summed E-state index contributed by atoms with van der Waals surface area (Å²) in [6.45, 7) is 1.67. The van der Waals surface area contributed by atoms with Crippen molar-refractivity contribution in [2.24, 2.45) is 7.05 Å². The first-order chi connectivity index (χ1) is 11.7. The van der Waals surface area contributed by atoms with Gasteiger partial charge in [0, 0.05) is 61.4 Å². The monoisotopic (exact) mass is 340 g/mol. The maximum absolute atomic E-state index is 6.01. The summed E-state index contributed by atoms with van der Waals surface area (Å²) in [5.74, 6) is 1.57. The number of aryl methyl sites for hydroxylation is 1. The topological polar surface area (TPSA) is 58.9 Å². The van der Waals surface area contributed by atoms with Gasteiger partial charge in [-0.2, -0.15) is 0 Å². The average molecular weight is 341 g/mol. The van der Waals surface area contributed by atoms with Crippen LogP contribution in [0.2, 0.25) is 5.02 Å². The zero-order valence-corrected chi connectivity index (χ0v) is 14.0. The predicted molar refractivity (Wildman–Crippen MR) is 94.7 cm³/mol. The number of halogens is 1. The van der Waals surface area contributed by atoms with Crippen LogP contribution in [0.5, 0.6) is 0 Å². The van der Waals surface area contributed by atoms with E-state index in [1.54, 1.807) is 0 Å². The molecule has 1 aliphatic rings. The van der Waals surface area contributed by atoms with Gasteiger partial charge in [-0.1, -0.05) is 17.7 Å². The van der Waals surface area contributed by atoms with E-state index in [0.29, 0.717) is 11.0 Å². The SMILES string of the molecule is Cn1ccnc1N1CCc2nc(Nc3cccc(Cl)c3)ncc2C1. The summed E-state index contributed by atoms with van der Waals surface area (Å²) < 4.78 is 2.03. The van der Waals surface area contributed by atoms with Gasteiger partial charge in [-0.05, 0) is 18.2 Å². The van der Waals surface area contributed by atoms with E-state index in [-0.39, 0.29) is 0 Å². The molecule has 0 unspecified atom stereocenters. The van der Waals surface area contributed by atoms with Crippen LogP contribution in [0, 0.1) is 0 Å². The minimum absolute atomic E-state index is 0.599. The van der Waals surface area contributed by atoms with Crippen molar-refractivity contribution in [3.8, 4) is 0 Å². The molecule has 0 amide bonds. The van der Waals surface area contributed by atoms with Crippen molar-refractivity contribution in [2.75, 3.05) is 16.8 Å². The Morgan fingerprint density at radius 1 is 1.25 bits per heavy atom. The van der Waals surface area contributed by atoms with Crippen LogP contribution in [0.15, 0.2) is 42.9 Å². The molecule has 1 aliphatic heterocycles. The number of imidazole rings is 1. The number of hydrogen-bond donors (Lipinski definition) is 1. The lowest BCUT2D eigenvalue weighted by molar-refractivity contribution is 0.671. The molecule has 0 radical (unpaired) electrons. The zero-order chi connectivity index (χ0) is 16.5. The molecule has 6 nitrogen and oxygen atoms in total. The number of anilines is 3. The van der Waals surface area contributed by atoms with Gasteiger partial charge in [-0.25, -0.2) is 15.0 Å². The Hall–Kier alpha value is -2.60. The third-order valence-corrected chi connectivity index (χ3v) is 4.33. The van der Waals surface area contributed by atoms with Gasteiger partial charge in [0.05, 0.1) is 5.69 Å². The third kappa shape index (κ3) is 2.92. The Morgan fingerprint density at radius 2 is 2.17 bits per heavy atom. The lowest BCUT2D eigenvalue weighted by Gasteiger charge is -2.28. The van der Waals surface area contributed by atoms with Crippen molar-refractivity contribution >= 4 is 29.2 Å². The average Bonchev–Trinajstić information content (AvgIpc) is 3.00. The van der Waals surface area contributed by atoms with Gasteiger partial charge < -0.3 is 14.8 Å². The van der Waals surface area contributed by atoms with Crippen LogP contribution in [0.3, 0.4) is 0 Å². The van der Waals surface area contributed by atoms with Gasteiger partial charge in [0.25, 0.3) is 0 Å².